The zero-order chi connectivity index (χ0) is 24.1. The standard InChI is InChI=1S/C20H20N8O5S/c1-26-20(23-24-25-26)34-8-11-6-10-7-27(15-13(10)28(17(15)30)14(11)18(31)32)19(33)22-12-4-2-9(3-5-12)16(21)29/h2-5,10,13,15H,6-8H2,1H3,(H2,21,29)(H,22,33)(H,31,32)/t10-,13-,15+/m1/s1. The quantitative estimate of drug-likeness (QED) is 0.373. The average Bonchev–Trinajstić information content (AvgIpc) is 3.38. The SMILES string of the molecule is Cn1nnnc1SCC1=C(C(=O)O)N2C(=O)[C@@H]3[C@H]2[C@H](C1)CN3C(=O)Nc1ccc(C(N)=O)cc1. The smallest absolute Gasteiger partial charge is 0.352 e. The van der Waals surface area contributed by atoms with Gasteiger partial charge < -0.3 is 21.1 Å². The summed E-state index contributed by atoms with van der Waals surface area (Å²) in [5.41, 5.74) is 6.59. The number of likely N-dealkylation sites (tertiary alicyclic amines) is 1. The number of primary amides is 1. The van der Waals surface area contributed by atoms with Crippen molar-refractivity contribution in [3.63, 3.8) is 0 Å². The second kappa shape index (κ2) is 8.13. The maximum absolute atomic E-state index is 13.0. The zero-order valence-electron chi connectivity index (χ0n) is 17.9. The van der Waals surface area contributed by atoms with E-state index < -0.39 is 29.9 Å². The summed E-state index contributed by atoms with van der Waals surface area (Å²) in [5, 5.41) is 24.4. The van der Waals surface area contributed by atoms with Crippen LogP contribution in [0.15, 0.2) is 40.7 Å². The third-order valence-electron chi connectivity index (χ3n) is 6.29. The molecule has 14 heteroatoms. The number of hydrogen-bond acceptors (Lipinski definition) is 8. The van der Waals surface area contributed by atoms with E-state index in [1.807, 2.05) is 0 Å². The van der Waals surface area contributed by atoms with E-state index in [-0.39, 0.29) is 17.7 Å². The number of tetrazole rings is 1. The van der Waals surface area contributed by atoms with Crippen LogP contribution >= 0.6 is 11.8 Å². The molecule has 0 aliphatic carbocycles. The Balaban J connectivity index is 1.33. The Morgan fingerprint density at radius 3 is 2.62 bits per heavy atom. The number of carbonyl (C=O) groups excluding carboxylic acids is 3. The van der Waals surface area contributed by atoms with Crippen molar-refractivity contribution >= 4 is 41.3 Å². The number of amides is 4. The van der Waals surface area contributed by atoms with Crippen LogP contribution in [0.1, 0.15) is 16.8 Å². The molecule has 176 valence electrons. The lowest BCUT2D eigenvalue weighted by Crippen LogP contribution is -2.69. The molecule has 0 radical (unpaired) electrons. The number of anilines is 1. The number of thioether (sulfide) groups is 1. The molecule has 2 fully saturated rings. The van der Waals surface area contributed by atoms with Crippen molar-refractivity contribution in [1.29, 1.82) is 0 Å². The molecule has 3 atom stereocenters. The Kier molecular flexibility index (Phi) is 5.23. The number of nitrogens with one attached hydrogen (secondary N) is 1. The molecule has 0 spiro atoms. The van der Waals surface area contributed by atoms with Gasteiger partial charge in [0.25, 0.3) is 5.91 Å². The second-order valence-corrected chi connectivity index (χ2v) is 9.21. The lowest BCUT2D eigenvalue weighted by atomic mass is 9.79. The van der Waals surface area contributed by atoms with Gasteiger partial charge in [-0.15, -0.1) is 5.10 Å². The number of carboxylic acid groups (broad SMARTS) is 1. The number of aromatic nitrogens is 4. The fraction of sp³-hybridized carbons (Fsp3) is 0.350. The normalized spacial score (nSPS) is 23.0. The van der Waals surface area contributed by atoms with Crippen molar-refractivity contribution in [3.8, 4) is 0 Å². The van der Waals surface area contributed by atoms with Crippen LogP contribution in [0.25, 0.3) is 0 Å². The summed E-state index contributed by atoms with van der Waals surface area (Å²) in [5.74, 6) is -1.93. The van der Waals surface area contributed by atoms with Crippen molar-refractivity contribution in [3.05, 3.63) is 41.1 Å². The lowest BCUT2D eigenvalue weighted by molar-refractivity contribution is -0.155. The lowest BCUT2D eigenvalue weighted by Gasteiger charge is -2.49. The van der Waals surface area contributed by atoms with E-state index in [9.17, 15) is 24.3 Å². The molecule has 2 saturated heterocycles. The number of nitrogens with zero attached hydrogens (tertiary/aromatic N) is 6. The summed E-state index contributed by atoms with van der Waals surface area (Å²) in [4.78, 5) is 52.0. The van der Waals surface area contributed by atoms with Crippen LogP contribution in [0.3, 0.4) is 0 Å². The molecule has 13 nitrogen and oxygen atoms in total. The Hall–Kier alpha value is -3.94. The van der Waals surface area contributed by atoms with E-state index >= 15 is 0 Å². The minimum Gasteiger partial charge on any atom is -0.477 e. The predicted molar refractivity (Wildman–Crippen MR) is 117 cm³/mol. The van der Waals surface area contributed by atoms with E-state index in [0.29, 0.717) is 40.7 Å². The molecular formula is C20H20N8O5S. The predicted octanol–water partition coefficient (Wildman–Crippen LogP) is -0.113. The molecule has 1 aromatic heterocycles. The second-order valence-electron chi connectivity index (χ2n) is 8.26. The van der Waals surface area contributed by atoms with Gasteiger partial charge in [-0.2, -0.15) is 0 Å². The Morgan fingerprint density at radius 2 is 2.00 bits per heavy atom. The molecule has 4 amide bonds. The van der Waals surface area contributed by atoms with Gasteiger partial charge >= 0.3 is 12.0 Å². The summed E-state index contributed by atoms with van der Waals surface area (Å²) in [6.07, 6.45) is 0.446. The number of β-lactam (4-membered cyclic amide) rings is 1. The molecule has 1 aromatic carbocycles. The monoisotopic (exact) mass is 484 g/mol. The number of benzene rings is 1. The average molecular weight is 484 g/mol. The first kappa shape index (κ1) is 21.9. The largest absolute Gasteiger partial charge is 0.477 e. The topological polar surface area (TPSA) is 177 Å². The number of carbonyl (C=O) groups is 4. The highest BCUT2D eigenvalue weighted by molar-refractivity contribution is 7.99. The molecule has 4 heterocycles. The third kappa shape index (κ3) is 3.46. The van der Waals surface area contributed by atoms with Crippen molar-refractivity contribution in [2.45, 2.75) is 23.7 Å². The summed E-state index contributed by atoms with van der Waals surface area (Å²) in [6, 6.07) is 4.56. The summed E-state index contributed by atoms with van der Waals surface area (Å²) >= 11 is 1.29. The van der Waals surface area contributed by atoms with Crippen molar-refractivity contribution in [2.75, 3.05) is 17.6 Å². The van der Waals surface area contributed by atoms with Crippen molar-refractivity contribution < 1.29 is 24.3 Å². The van der Waals surface area contributed by atoms with Crippen LogP contribution in [0.5, 0.6) is 0 Å². The minimum atomic E-state index is -1.17. The van der Waals surface area contributed by atoms with Crippen molar-refractivity contribution in [2.24, 2.45) is 18.7 Å². The highest BCUT2D eigenvalue weighted by Gasteiger charge is 2.64. The molecule has 34 heavy (non-hydrogen) atoms. The minimum absolute atomic E-state index is 0.0190. The number of rotatable bonds is 6. The maximum atomic E-state index is 13.0. The van der Waals surface area contributed by atoms with Crippen LogP contribution < -0.4 is 11.1 Å². The van der Waals surface area contributed by atoms with Gasteiger partial charge in [-0.05, 0) is 46.7 Å². The molecule has 0 saturated carbocycles. The fourth-order valence-corrected chi connectivity index (χ4v) is 5.66. The summed E-state index contributed by atoms with van der Waals surface area (Å²) < 4.78 is 1.49. The third-order valence-corrected chi connectivity index (χ3v) is 7.38. The van der Waals surface area contributed by atoms with Gasteiger partial charge in [0.2, 0.25) is 11.1 Å². The van der Waals surface area contributed by atoms with E-state index in [1.165, 1.54) is 38.4 Å². The van der Waals surface area contributed by atoms with E-state index in [1.54, 1.807) is 19.2 Å². The van der Waals surface area contributed by atoms with Gasteiger partial charge in [0.15, 0.2) is 0 Å². The molecule has 3 aliphatic rings. The summed E-state index contributed by atoms with van der Waals surface area (Å²) in [7, 11) is 1.68. The molecular weight excluding hydrogens is 464 g/mol. The maximum Gasteiger partial charge on any atom is 0.352 e. The van der Waals surface area contributed by atoms with Crippen LogP contribution in [0.2, 0.25) is 0 Å². The van der Waals surface area contributed by atoms with Gasteiger partial charge in [-0.25, -0.2) is 14.3 Å². The number of urea groups is 1. The van der Waals surface area contributed by atoms with Gasteiger partial charge in [0.05, 0.1) is 6.04 Å². The van der Waals surface area contributed by atoms with E-state index in [2.05, 4.69) is 20.8 Å². The summed E-state index contributed by atoms with van der Waals surface area (Å²) in [6.45, 7) is 0.315. The molecule has 0 bridgehead atoms. The van der Waals surface area contributed by atoms with E-state index in [0.717, 1.165) is 0 Å². The highest BCUT2D eigenvalue weighted by atomic mass is 32.2. The first-order valence-electron chi connectivity index (χ1n) is 10.4. The van der Waals surface area contributed by atoms with Gasteiger partial charge in [-0.3, -0.25) is 14.5 Å². The van der Waals surface area contributed by atoms with Crippen molar-refractivity contribution in [1.82, 2.24) is 30.0 Å². The van der Waals surface area contributed by atoms with Crippen LogP contribution in [-0.2, 0) is 16.6 Å². The Bertz CT molecular complexity index is 1240. The van der Waals surface area contributed by atoms with Crippen LogP contribution in [0, 0.1) is 5.92 Å². The zero-order valence-corrected chi connectivity index (χ0v) is 18.7. The molecule has 3 aliphatic heterocycles. The first-order chi connectivity index (χ1) is 16.3. The highest BCUT2D eigenvalue weighted by Crippen LogP contribution is 2.47. The number of aliphatic carboxylic acids is 1. The van der Waals surface area contributed by atoms with Crippen LogP contribution in [0.4, 0.5) is 10.5 Å². The van der Waals surface area contributed by atoms with Gasteiger partial charge in [0.1, 0.15) is 11.7 Å². The van der Waals surface area contributed by atoms with Gasteiger partial charge in [0, 0.05) is 36.5 Å². The molecule has 2 aromatic rings. The van der Waals surface area contributed by atoms with Gasteiger partial charge in [-0.1, -0.05) is 11.8 Å². The Morgan fingerprint density at radius 1 is 1.26 bits per heavy atom. The number of nitrogens with two attached hydrogens (primary N) is 1. The fourth-order valence-electron chi connectivity index (χ4n) is 4.78. The van der Waals surface area contributed by atoms with Crippen LogP contribution in [-0.4, -0.2) is 83.3 Å². The number of carboxylic acids is 1. The first-order valence-corrected chi connectivity index (χ1v) is 11.4. The number of hydrogen-bond donors (Lipinski definition) is 3. The van der Waals surface area contributed by atoms with E-state index in [4.69, 9.17) is 5.73 Å². The number of aryl methyl sites for hydroxylation is 1. The molecule has 4 N–H and O–H groups in total. The Labute approximate surface area is 196 Å². The molecule has 0 unspecified atom stereocenters. The molecule has 5 rings (SSSR count).